The van der Waals surface area contributed by atoms with Crippen LogP contribution in [-0.2, 0) is 4.79 Å². The molecule has 1 aromatic carbocycles. The van der Waals surface area contributed by atoms with Crippen LogP contribution in [0.1, 0.15) is 51.2 Å². The molecule has 0 saturated carbocycles. The van der Waals surface area contributed by atoms with Crippen LogP contribution in [0.5, 0.6) is 0 Å². The summed E-state index contributed by atoms with van der Waals surface area (Å²) in [4.78, 5) is 28.9. The van der Waals surface area contributed by atoms with Gasteiger partial charge in [-0.15, -0.1) is 0 Å². The number of rotatable bonds is 9. The smallest absolute Gasteiger partial charge is 0.315 e. The Balaban J connectivity index is 1.78. The molecule has 1 saturated heterocycles. The van der Waals surface area contributed by atoms with Crippen molar-refractivity contribution in [3.63, 3.8) is 0 Å². The molecule has 0 spiro atoms. The molecule has 156 valence electrons. The molecule has 0 bridgehead atoms. The predicted octanol–water partition coefficient (Wildman–Crippen LogP) is 3.22. The summed E-state index contributed by atoms with van der Waals surface area (Å²) in [5.41, 5.74) is 3.28. The maximum Gasteiger partial charge on any atom is 0.315 e. The lowest BCUT2D eigenvalue weighted by atomic mass is 10.1. The summed E-state index contributed by atoms with van der Waals surface area (Å²) in [5.74, 6) is 0.0563. The molecule has 28 heavy (non-hydrogen) atoms. The number of hydrogen-bond acceptors (Lipinski definition) is 3. The van der Waals surface area contributed by atoms with Crippen LogP contribution in [0, 0.1) is 13.8 Å². The highest BCUT2D eigenvalue weighted by Crippen LogP contribution is 2.24. The minimum atomic E-state index is -0.185. The molecule has 1 aliphatic rings. The van der Waals surface area contributed by atoms with E-state index in [1.807, 2.05) is 32.0 Å². The fourth-order valence-corrected chi connectivity index (χ4v) is 3.63. The number of benzene rings is 1. The van der Waals surface area contributed by atoms with E-state index in [4.69, 9.17) is 0 Å². The Morgan fingerprint density at radius 3 is 2.61 bits per heavy atom. The molecule has 1 aliphatic heterocycles. The zero-order valence-electron chi connectivity index (χ0n) is 18.0. The van der Waals surface area contributed by atoms with Crippen molar-refractivity contribution in [2.24, 2.45) is 0 Å². The van der Waals surface area contributed by atoms with Gasteiger partial charge in [0.2, 0.25) is 5.91 Å². The molecule has 1 aromatic rings. The van der Waals surface area contributed by atoms with Crippen LogP contribution in [0.25, 0.3) is 0 Å². The van der Waals surface area contributed by atoms with Crippen LogP contribution < -0.4 is 15.5 Å². The lowest BCUT2D eigenvalue weighted by Crippen LogP contribution is -2.46. The topological polar surface area (TPSA) is 64.7 Å². The molecule has 6 nitrogen and oxygen atoms in total. The van der Waals surface area contributed by atoms with Gasteiger partial charge in [-0.05, 0) is 76.5 Å². The van der Waals surface area contributed by atoms with Crippen molar-refractivity contribution in [1.29, 1.82) is 0 Å². The molecule has 6 heteroatoms. The van der Waals surface area contributed by atoms with Gasteiger partial charge in [0, 0.05) is 24.7 Å². The number of hydrogen-bond donors (Lipinski definition) is 2. The Bertz CT molecular complexity index is 673. The minimum absolute atomic E-state index is 0.0563. The molecular weight excluding hydrogens is 352 g/mol. The average molecular weight is 389 g/mol. The zero-order chi connectivity index (χ0) is 20.7. The maximum atomic E-state index is 12.4. The number of carbonyl (C=O) groups is 2. The average Bonchev–Trinajstić information content (AvgIpc) is 3.01. The summed E-state index contributed by atoms with van der Waals surface area (Å²) >= 11 is 0. The van der Waals surface area contributed by atoms with E-state index in [0.717, 1.165) is 43.7 Å². The van der Waals surface area contributed by atoms with Crippen LogP contribution in [0.15, 0.2) is 18.2 Å². The molecule has 3 amide bonds. The van der Waals surface area contributed by atoms with Crippen LogP contribution in [0.4, 0.5) is 10.5 Å². The van der Waals surface area contributed by atoms with Gasteiger partial charge in [0.15, 0.2) is 0 Å². The van der Waals surface area contributed by atoms with Gasteiger partial charge in [-0.3, -0.25) is 4.79 Å². The van der Waals surface area contributed by atoms with Gasteiger partial charge in [-0.1, -0.05) is 19.9 Å². The molecule has 1 fully saturated rings. The van der Waals surface area contributed by atoms with E-state index in [9.17, 15) is 9.59 Å². The number of carbonyl (C=O) groups excluding carboxylic acids is 2. The van der Waals surface area contributed by atoms with Crippen molar-refractivity contribution < 1.29 is 9.59 Å². The first-order chi connectivity index (χ1) is 13.3. The minimum Gasteiger partial charge on any atom is -0.336 e. The molecule has 0 aliphatic carbocycles. The second-order valence-electron chi connectivity index (χ2n) is 7.86. The van der Waals surface area contributed by atoms with Gasteiger partial charge < -0.3 is 20.4 Å². The zero-order valence-corrected chi connectivity index (χ0v) is 18.0. The van der Waals surface area contributed by atoms with Gasteiger partial charge in [0.1, 0.15) is 0 Å². The molecule has 0 radical (unpaired) electrons. The van der Waals surface area contributed by atoms with Gasteiger partial charge in [0.25, 0.3) is 0 Å². The summed E-state index contributed by atoms with van der Waals surface area (Å²) < 4.78 is 0. The Morgan fingerprint density at radius 1 is 1.25 bits per heavy atom. The standard InChI is InChI=1S/C22H36N4O2/c1-6-25(7-2)12-8-9-18(5)23-22(28)24-19-14-21(27)26(15-19)20-11-10-16(3)17(4)13-20/h10-11,13,18-19H,6-9,12,14-15H2,1-5H3,(H2,23,24,28)/t18-,19-/m0/s1. The first-order valence-electron chi connectivity index (χ1n) is 10.5. The highest BCUT2D eigenvalue weighted by molar-refractivity contribution is 5.96. The van der Waals surface area contributed by atoms with E-state index in [-0.39, 0.29) is 24.0 Å². The lowest BCUT2D eigenvalue weighted by Gasteiger charge is -2.21. The fourth-order valence-electron chi connectivity index (χ4n) is 3.63. The van der Waals surface area contributed by atoms with Crippen molar-refractivity contribution in [1.82, 2.24) is 15.5 Å². The summed E-state index contributed by atoms with van der Waals surface area (Å²) in [6, 6.07) is 5.81. The van der Waals surface area contributed by atoms with E-state index >= 15 is 0 Å². The highest BCUT2D eigenvalue weighted by atomic mass is 16.2. The third kappa shape index (κ3) is 6.23. The third-order valence-electron chi connectivity index (χ3n) is 5.65. The SMILES string of the molecule is CCN(CC)CCC[C@H](C)NC(=O)N[C@H]1CC(=O)N(c2ccc(C)c(C)c2)C1. The molecule has 0 unspecified atom stereocenters. The Labute approximate surface area is 169 Å². The number of amides is 3. The van der Waals surface area contributed by atoms with E-state index in [1.165, 1.54) is 5.56 Å². The largest absolute Gasteiger partial charge is 0.336 e. The molecule has 0 aromatic heterocycles. The van der Waals surface area contributed by atoms with Crippen LogP contribution in [-0.4, -0.2) is 55.1 Å². The van der Waals surface area contributed by atoms with Crippen molar-refractivity contribution >= 4 is 17.6 Å². The van der Waals surface area contributed by atoms with Crippen LogP contribution in [0.3, 0.4) is 0 Å². The number of urea groups is 1. The number of nitrogens with zero attached hydrogens (tertiary/aromatic N) is 2. The number of anilines is 1. The second-order valence-corrected chi connectivity index (χ2v) is 7.86. The van der Waals surface area contributed by atoms with E-state index < -0.39 is 0 Å². The lowest BCUT2D eigenvalue weighted by molar-refractivity contribution is -0.117. The van der Waals surface area contributed by atoms with Crippen molar-refractivity contribution in [3.8, 4) is 0 Å². The molecular formula is C22H36N4O2. The van der Waals surface area contributed by atoms with Crippen LogP contribution >= 0.6 is 0 Å². The Kier molecular flexibility index (Phi) is 8.30. The predicted molar refractivity (Wildman–Crippen MR) is 115 cm³/mol. The van der Waals surface area contributed by atoms with Gasteiger partial charge in [0.05, 0.1) is 6.04 Å². The number of nitrogens with one attached hydrogen (secondary N) is 2. The van der Waals surface area contributed by atoms with E-state index in [0.29, 0.717) is 13.0 Å². The van der Waals surface area contributed by atoms with Crippen molar-refractivity contribution in [2.75, 3.05) is 31.1 Å². The summed E-state index contributed by atoms with van der Waals surface area (Å²) in [5, 5.41) is 5.97. The Morgan fingerprint density at radius 2 is 1.96 bits per heavy atom. The van der Waals surface area contributed by atoms with Crippen LogP contribution in [0.2, 0.25) is 0 Å². The quantitative estimate of drug-likeness (QED) is 0.683. The summed E-state index contributed by atoms with van der Waals surface area (Å²) in [6.45, 7) is 14.2. The monoisotopic (exact) mass is 388 g/mol. The van der Waals surface area contributed by atoms with Gasteiger partial charge in [-0.2, -0.15) is 0 Å². The Hall–Kier alpha value is -2.08. The summed E-state index contributed by atoms with van der Waals surface area (Å²) in [6.07, 6.45) is 2.35. The maximum absolute atomic E-state index is 12.4. The second kappa shape index (κ2) is 10.5. The van der Waals surface area contributed by atoms with Gasteiger partial charge >= 0.3 is 6.03 Å². The first-order valence-corrected chi connectivity index (χ1v) is 10.5. The molecule has 1 heterocycles. The fraction of sp³-hybridized carbons (Fsp3) is 0.636. The molecule has 2 N–H and O–H groups in total. The van der Waals surface area contributed by atoms with E-state index in [2.05, 4.69) is 36.3 Å². The van der Waals surface area contributed by atoms with Gasteiger partial charge in [-0.25, -0.2) is 4.79 Å². The number of aryl methyl sites for hydroxylation is 2. The first kappa shape index (κ1) is 22.2. The normalized spacial score (nSPS) is 17.9. The van der Waals surface area contributed by atoms with Crippen molar-refractivity contribution in [2.45, 2.75) is 66.0 Å². The summed E-state index contributed by atoms with van der Waals surface area (Å²) in [7, 11) is 0. The van der Waals surface area contributed by atoms with Crippen molar-refractivity contribution in [3.05, 3.63) is 29.3 Å². The molecule has 2 atom stereocenters. The molecule has 2 rings (SSSR count). The highest BCUT2D eigenvalue weighted by Gasteiger charge is 2.31. The third-order valence-corrected chi connectivity index (χ3v) is 5.65. The van der Waals surface area contributed by atoms with E-state index in [1.54, 1.807) is 4.90 Å².